The SMILES string of the molecule is COc1ccc(CN2CCC(c3nc(C)ccc3C(=O)NCCCc3ccccc3)CC2)cc1. The standard InChI is InChI=1S/C29H35N3O2/c1-22-10-15-27(29(33)30-18-6-9-23-7-4-3-5-8-23)28(31-22)25-16-19-32(20-17-25)21-24-11-13-26(34-2)14-12-24/h3-5,7-8,10-15,25H,6,9,16-21H2,1-2H3,(H,30,33). The van der Waals surface area contributed by atoms with Gasteiger partial charge in [0.25, 0.3) is 5.91 Å². The van der Waals surface area contributed by atoms with Crippen molar-refractivity contribution in [2.45, 2.75) is 45.1 Å². The molecule has 0 unspecified atom stereocenters. The molecule has 34 heavy (non-hydrogen) atoms. The molecule has 1 amide bonds. The van der Waals surface area contributed by atoms with Gasteiger partial charge in [-0.3, -0.25) is 14.7 Å². The van der Waals surface area contributed by atoms with E-state index in [-0.39, 0.29) is 5.91 Å². The maximum Gasteiger partial charge on any atom is 0.253 e. The fourth-order valence-corrected chi connectivity index (χ4v) is 4.67. The average Bonchev–Trinajstić information content (AvgIpc) is 2.88. The second kappa shape index (κ2) is 11.8. The number of rotatable bonds is 9. The second-order valence-corrected chi connectivity index (χ2v) is 9.13. The smallest absolute Gasteiger partial charge is 0.253 e. The Morgan fingerprint density at radius 2 is 1.74 bits per heavy atom. The number of carbonyl (C=O) groups excluding carboxylic acids is 1. The molecule has 2 heterocycles. The zero-order chi connectivity index (χ0) is 23.8. The molecule has 0 radical (unpaired) electrons. The second-order valence-electron chi connectivity index (χ2n) is 9.13. The maximum atomic E-state index is 13.0. The average molecular weight is 458 g/mol. The van der Waals surface area contributed by atoms with Crippen LogP contribution in [-0.4, -0.2) is 42.5 Å². The summed E-state index contributed by atoms with van der Waals surface area (Å²) >= 11 is 0. The van der Waals surface area contributed by atoms with E-state index in [1.54, 1.807) is 7.11 Å². The Morgan fingerprint density at radius 3 is 2.44 bits per heavy atom. The molecule has 5 nitrogen and oxygen atoms in total. The predicted octanol–water partition coefficient (Wildman–Crippen LogP) is 5.14. The lowest BCUT2D eigenvalue weighted by Gasteiger charge is -2.32. The summed E-state index contributed by atoms with van der Waals surface area (Å²) in [5, 5.41) is 3.12. The van der Waals surface area contributed by atoms with Crippen LogP contribution in [0.5, 0.6) is 5.75 Å². The summed E-state index contributed by atoms with van der Waals surface area (Å²) in [6.07, 6.45) is 3.92. The lowest BCUT2D eigenvalue weighted by atomic mass is 9.89. The molecule has 2 aromatic carbocycles. The van der Waals surface area contributed by atoms with Crippen molar-refractivity contribution in [1.29, 1.82) is 0 Å². The molecule has 0 atom stereocenters. The van der Waals surface area contributed by atoms with E-state index >= 15 is 0 Å². The first-order chi connectivity index (χ1) is 16.6. The summed E-state index contributed by atoms with van der Waals surface area (Å²) in [5.74, 6) is 1.20. The van der Waals surface area contributed by atoms with Gasteiger partial charge in [-0.25, -0.2) is 0 Å². The topological polar surface area (TPSA) is 54.5 Å². The number of aromatic nitrogens is 1. The van der Waals surface area contributed by atoms with Crippen LogP contribution >= 0.6 is 0 Å². The molecule has 1 saturated heterocycles. The van der Waals surface area contributed by atoms with Crippen molar-refractivity contribution < 1.29 is 9.53 Å². The number of amides is 1. The minimum atomic E-state index is -0.00350. The van der Waals surface area contributed by atoms with E-state index in [0.29, 0.717) is 12.5 Å². The fourth-order valence-electron chi connectivity index (χ4n) is 4.67. The third-order valence-corrected chi connectivity index (χ3v) is 6.62. The Morgan fingerprint density at radius 1 is 1.00 bits per heavy atom. The highest BCUT2D eigenvalue weighted by molar-refractivity contribution is 5.95. The Kier molecular flexibility index (Phi) is 8.31. The van der Waals surface area contributed by atoms with Crippen LogP contribution < -0.4 is 10.1 Å². The monoisotopic (exact) mass is 457 g/mol. The Balaban J connectivity index is 1.32. The minimum Gasteiger partial charge on any atom is -0.497 e. The molecule has 0 bridgehead atoms. The van der Waals surface area contributed by atoms with Gasteiger partial charge in [-0.15, -0.1) is 0 Å². The van der Waals surface area contributed by atoms with E-state index < -0.39 is 0 Å². The number of benzene rings is 2. The number of likely N-dealkylation sites (tertiary alicyclic amines) is 1. The molecule has 3 aromatic rings. The van der Waals surface area contributed by atoms with Crippen LogP contribution in [0.1, 0.15) is 58.1 Å². The highest BCUT2D eigenvalue weighted by Crippen LogP contribution is 2.30. The van der Waals surface area contributed by atoms with Crippen molar-refractivity contribution >= 4 is 5.91 Å². The first-order valence-electron chi connectivity index (χ1n) is 12.3. The van der Waals surface area contributed by atoms with E-state index in [9.17, 15) is 4.79 Å². The quantitative estimate of drug-likeness (QED) is 0.452. The van der Waals surface area contributed by atoms with Gasteiger partial charge < -0.3 is 10.1 Å². The molecule has 1 aliphatic heterocycles. The van der Waals surface area contributed by atoms with Gasteiger partial charge in [0, 0.05) is 24.7 Å². The number of nitrogens with zero attached hydrogens (tertiary/aromatic N) is 2. The molecule has 1 aromatic heterocycles. The predicted molar refractivity (Wildman–Crippen MR) is 136 cm³/mol. The molecule has 1 N–H and O–H groups in total. The van der Waals surface area contributed by atoms with Crippen molar-refractivity contribution in [3.05, 3.63) is 94.8 Å². The largest absolute Gasteiger partial charge is 0.497 e. The van der Waals surface area contributed by atoms with Crippen molar-refractivity contribution in [2.24, 2.45) is 0 Å². The number of hydrogen-bond donors (Lipinski definition) is 1. The number of ether oxygens (including phenoxy) is 1. The zero-order valence-electron chi connectivity index (χ0n) is 20.3. The van der Waals surface area contributed by atoms with Gasteiger partial charge in [-0.05, 0) is 81.1 Å². The number of hydrogen-bond acceptors (Lipinski definition) is 4. The van der Waals surface area contributed by atoms with Crippen molar-refractivity contribution in [2.75, 3.05) is 26.7 Å². The van der Waals surface area contributed by atoms with Gasteiger partial charge in [0.1, 0.15) is 5.75 Å². The Bertz CT molecular complexity index is 1060. The van der Waals surface area contributed by atoms with Crippen LogP contribution in [0.3, 0.4) is 0 Å². The summed E-state index contributed by atoms with van der Waals surface area (Å²) in [6.45, 7) is 5.62. The number of nitrogens with one attached hydrogen (secondary N) is 1. The van der Waals surface area contributed by atoms with Gasteiger partial charge in [0.05, 0.1) is 18.4 Å². The zero-order valence-corrected chi connectivity index (χ0v) is 20.3. The summed E-state index contributed by atoms with van der Waals surface area (Å²) in [7, 11) is 1.69. The third kappa shape index (κ3) is 6.45. The van der Waals surface area contributed by atoms with E-state index in [0.717, 1.165) is 68.0 Å². The summed E-state index contributed by atoms with van der Waals surface area (Å²) < 4.78 is 5.26. The van der Waals surface area contributed by atoms with Gasteiger partial charge in [-0.2, -0.15) is 0 Å². The Labute approximate surface area is 203 Å². The molecule has 178 valence electrons. The van der Waals surface area contributed by atoms with Crippen molar-refractivity contribution in [3.63, 3.8) is 0 Å². The molecule has 1 aliphatic rings. The van der Waals surface area contributed by atoms with E-state index in [1.165, 1.54) is 11.1 Å². The molecular weight excluding hydrogens is 422 g/mol. The van der Waals surface area contributed by atoms with Crippen LogP contribution in [0, 0.1) is 6.92 Å². The third-order valence-electron chi connectivity index (χ3n) is 6.62. The molecule has 1 fully saturated rings. The van der Waals surface area contributed by atoms with E-state index in [1.807, 2.05) is 37.3 Å². The number of piperidine rings is 1. The van der Waals surface area contributed by atoms with Crippen LogP contribution in [0.15, 0.2) is 66.7 Å². The van der Waals surface area contributed by atoms with Gasteiger partial charge in [-0.1, -0.05) is 42.5 Å². The van der Waals surface area contributed by atoms with E-state index in [2.05, 4.69) is 46.6 Å². The van der Waals surface area contributed by atoms with Crippen LogP contribution in [-0.2, 0) is 13.0 Å². The lowest BCUT2D eigenvalue weighted by Crippen LogP contribution is -2.34. The van der Waals surface area contributed by atoms with Gasteiger partial charge >= 0.3 is 0 Å². The fraction of sp³-hybridized carbons (Fsp3) is 0.379. The number of aryl methyl sites for hydroxylation is 2. The first-order valence-corrected chi connectivity index (χ1v) is 12.3. The van der Waals surface area contributed by atoms with Crippen molar-refractivity contribution in [3.8, 4) is 5.75 Å². The molecule has 0 spiro atoms. The summed E-state index contributed by atoms with van der Waals surface area (Å²) in [6, 6.07) is 22.6. The normalized spacial score (nSPS) is 14.6. The molecule has 5 heteroatoms. The molecule has 0 aliphatic carbocycles. The molecule has 0 saturated carbocycles. The van der Waals surface area contributed by atoms with Gasteiger partial charge in [0.2, 0.25) is 0 Å². The lowest BCUT2D eigenvalue weighted by molar-refractivity contribution is 0.0950. The van der Waals surface area contributed by atoms with Crippen LogP contribution in [0.2, 0.25) is 0 Å². The minimum absolute atomic E-state index is 0.00350. The van der Waals surface area contributed by atoms with Crippen molar-refractivity contribution in [1.82, 2.24) is 15.2 Å². The summed E-state index contributed by atoms with van der Waals surface area (Å²) in [5.41, 5.74) is 5.26. The maximum absolute atomic E-state index is 13.0. The van der Waals surface area contributed by atoms with E-state index in [4.69, 9.17) is 9.72 Å². The highest BCUT2D eigenvalue weighted by Gasteiger charge is 2.26. The number of pyridine rings is 1. The highest BCUT2D eigenvalue weighted by atomic mass is 16.5. The van der Waals surface area contributed by atoms with Crippen LogP contribution in [0.25, 0.3) is 0 Å². The van der Waals surface area contributed by atoms with Gasteiger partial charge in [0.15, 0.2) is 0 Å². The first kappa shape index (κ1) is 24.0. The summed E-state index contributed by atoms with van der Waals surface area (Å²) in [4.78, 5) is 20.3. The molecule has 4 rings (SSSR count). The number of methoxy groups -OCH3 is 1. The van der Waals surface area contributed by atoms with Crippen LogP contribution in [0.4, 0.5) is 0 Å². The molecular formula is C29H35N3O2. The Hall–Kier alpha value is -3.18. The number of carbonyl (C=O) groups is 1.